The molecule has 1 saturated carbocycles. The molecule has 5 heteroatoms. The van der Waals surface area contributed by atoms with Gasteiger partial charge in [0.15, 0.2) is 0 Å². The number of hydrogen-bond donors (Lipinski definition) is 2. The molecule has 0 radical (unpaired) electrons. The second-order valence-electron chi connectivity index (χ2n) is 7.35. The van der Waals surface area contributed by atoms with Crippen LogP contribution in [0.3, 0.4) is 0 Å². The average Bonchev–Trinajstić information content (AvgIpc) is 2.62. The van der Waals surface area contributed by atoms with Gasteiger partial charge in [-0.15, -0.1) is 0 Å². The fourth-order valence-corrected chi connectivity index (χ4v) is 4.33. The lowest BCUT2D eigenvalue weighted by Crippen LogP contribution is -2.54. The van der Waals surface area contributed by atoms with Crippen LogP contribution in [-0.4, -0.2) is 11.4 Å². The number of rotatable bonds is 2. The number of aliphatic imine (C=N–C) groups is 1. The van der Waals surface area contributed by atoms with E-state index in [9.17, 15) is 0 Å². The number of hydrogen-bond acceptors (Lipinski definition) is 3. The van der Waals surface area contributed by atoms with Crippen molar-refractivity contribution < 1.29 is 0 Å². The normalized spacial score (nSPS) is 18.0. The molecule has 0 saturated heterocycles. The Morgan fingerprint density at radius 2 is 1.85 bits per heavy atom. The molecular weight excluding hydrogens is 365 g/mol. The van der Waals surface area contributed by atoms with E-state index in [2.05, 4.69) is 41.8 Å². The standard InChI is InChI=1S/C21H23Cl2N3/c1-14-6-5-7-15(10-14)13-24-20-21(8-3-2-4-9-21)26-19-12-17(23)16(22)11-18(19)25-20/h5-7,10-12,26H,2-4,8-9,13H2,1H3,(H,24,25). The highest BCUT2D eigenvalue weighted by Gasteiger charge is 2.40. The molecule has 0 bridgehead atoms. The first-order chi connectivity index (χ1) is 12.6. The minimum Gasteiger partial charge on any atom is -0.371 e. The average molecular weight is 388 g/mol. The molecule has 0 aromatic heterocycles. The van der Waals surface area contributed by atoms with E-state index >= 15 is 0 Å². The summed E-state index contributed by atoms with van der Waals surface area (Å²) in [6.45, 7) is 2.88. The second-order valence-corrected chi connectivity index (χ2v) is 8.17. The summed E-state index contributed by atoms with van der Waals surface area (Å²) in [6, 6.07) is 12.3. The zero-order chi connectivity index (χ0) is 18.1. The lowest BCUT2D eigenvalue weighted by atomic mass is 9.79. The summed E-state index contributed by atoms with van der Waals surface area (Å²) in [7, 11) is 0. The lowest BCUT2D eigenvalue weighted by Gasteiger charge is -2.42. The van der Waals surface area contributed by atoms with Crippen LogP contribution >= 0.6 is 23.2 Å². The van der Waals surface area contributed by atoms with Gasteiger partial charge in [-0.25, -0.2) is 4.99 Å². The Bertz CT molecular complexity index is 854. The van der Waals surface area contributed by atoms with Gasteiger partial charge in [0.1, 0.15) is 5.84 Å². The highest BCUT2D eigenvalue weighted by Crippen LogP contribution is 2.43. The highest BCUT2D eigenvalue weighted by atomic mass is 35.5. The molecule has 2 aromatic carbocycles. The Balaban J connectivity index is 1.67. The molecule has 0 amide bonds. The summed E-state index contributed by atoms with van der Waals surface area (Å²) >= 11 is 12.4. The van der Waals surface area contributed by atoms with Crippen molar-refractivity contribution in [2.45, 2.75) is 51.1 Å². The minimum absolute atomic E-state index is 0.133. The maximum atomic E-state index is 6.23. The number of anilines is 1. The Kier molecular flexibility index (Phi) is 4.85. The highest BCUT2D eigenvalue weighted by molar-refractivity contribution is 6.42. The Hall–Kier alpha value is -1.71. The van der Waals surface area contributed by atoms with Crippen molar-refractivity contribution in [3.05, 3.63) is 57.6 Å². The van der Waals surface area contributed by atoms with Crippen LogP contribution in [0.25, 0.3) is 0 Å². The summed E-state index contributed by atoms with van der Waals surface area (Å²) in [5, 5.41) is 8.45. The molecule has 4 rings (SSSR count). The smallest absolute Gasteiger partial charge is 0.128 e. The third-order valence-electron chi connectivity index (χ3n) is 5.35. The number of nitrogens with one attached hydrogen (secondary N) is 2. The van der Waals surface area contributed by atoms with Crippen LogP contribution in [-0.2, 0) is 6.54 Å². The summed E-state index contributed by atoms with van der Waals surface area (Å²) in [5.41, 5.74) is 4.22. The van der Waals surface area contributed by atoms with Crippen LogP contribution in [0.1, 0.15) is 43.2 Å². The Labute approximate surface area is 164 Å². The monoisotopic (exact) mass is 387 g/mol. The molecule has 1 aliphatic heterocycles. The molecule has 2 N–H and O–H groups in total. The third-order valence-corrected chi connectivity index (χ3v) is 6.07. The van der Waals surface area contributed by atoms with Crippen LogP contribution < -0.4 is 10.6 Å². The van der Waals surface area contributed by atoms with Crippen molar-refractivity contribution in [2.75, 3.05) is 5.32 Å². The van der Waals surface area contributed by atoms with Gasteiger partial charge in [-0.3, -0.25) is 0 Å². The van der Waals surface area contributed by atoms with Crippen molar-refractivity contribution in [2.24, 2.45) is 4.99 Å². The molecule has 1 fully saturated rings. The molecule has 0 atom stereocenters. The summed E-state index contributed by atoms with van der Waals surface area (Å²) < 4.78 is 0. The summed E-state index contributed by atoms with van der Waals surface area (Å²) in [6.07, 6.45) is 5.84. The molecule has 3 nitrogen and oxygen atoms in total. The van der Waals surface area contributed by atoms with E-state index in [1.54, 1.807) is 0 Å². The molecule has 2 aromatic rings. The molecule has 1 aliphatic carbocycles. The first-order valence-corrected chi connectivity index (χ1v) is 9.97. The van der Waals surface area contributed by atoms with Crippen molar-refractivity contribution in [3.63, 3.8) is 0 Å². The molecule has 2 aliphatic rings. The second kappa shape index (κ2) is 7.13. The SMILES string of the molecule is Cc1cccc(CNC2=Nc3cc(Cl)c(Cl)cc3NC23CCCCC3)c1. The topological polar surface area (TPSA) is 36.4 Å². The van der Waals surface area contributed by atoms with Crippen LogP contribution in [0.2, 0.25) is 10.0 Å². The largest absolute Gasteiger partial charge is 0.371 e. The minimum atomic E-state index is -0.133. The fraction of sp³-hybridized carbons (Fsp3) is 0.381. The van der Waals surface area contributed by atoms with Crippen molar-refractivity contribution in [1.29, 1.82) is 0 Å². The van der Waals surface area contributed by atoms with E-state index < -0.39 is 0 Å². The zero-order valence-electron chi connectivity index (χ0n) is 14.9. The molecule has 136 valence electrons. The Morgan fingerprint density at radius 1 is 1.08 bits per heavy atom. The fourth-order valence-electron chi connectivity index (χ4n) is 4.01. The van der Waals surface area contributed by atoms with Crippen LogP contribution in [0, 0.1) is 6.92 Å². The van der Waals surface area contributed by atoms with Gasteiger partial charge in [-0.2, -0.15) is 0 Å². The zero-order valence-corrected chi connectivity index (χ0v) is 16.4. The molecular formula is C21H23Cl2N3. The van der Waals surface area contributed by atoms with Gasteiger partial charge in [0, 0.05) is 6.54 Å². The van der Waals surface area contributed by atoms with E-state index in [-0.39, 0.29) is 5.54 Å². The van der Waals surface area contributed by atoms with Gasteiger partial charge in [-0.1, -0.05) is 72.3 Å². The van der Waals surface area contributed by atoms with Crippen molar-refractivity contribution >= 4 is 40.4 Å². The molecule has 26 heavy (non-hydrogen) atoms. The molecule has 0 unspecified atom stereocenters. The summed E-state index contributed by atoms with van der Waals surface area (Å²) in [4.78, 5) is 4.96. The quantitative estimate of drug-likeness (QED) is 0.638. The van der Waals surface area contributed by atoms with E-state index in [0.717, 1.165) is 36.6 Å². The van der Waals surface area contributed by atoms with E-state index in [0.29, 0.717) is 10.0 Å². The number of amidine groups is 1. The van der Waals surface area contributed by atoms with Gasteiger partial charge in [-0.05, 0) is 37.5 Å². The maximum Gasteiger partial charge on any atom is 0.128 e. The molecule has 1 spiro atoms. The maximum absolute atomic E-state index is 6.23. The lowest BCUT2D eigenvalue weighted by molar-refractivity contribution is 0.396. The van der Waals surface area contributed by atoms with Crippen LogP contribution in [0.5, 0.6) is 0 Å². The number of benzene rings is 2. The number of fused-ring (bicyclic) bond motifs is 1. The van der Waals surface area contributed by atoms with Gasteiger partial charge in [0.2, 0.25) is 0 Å². The van der Waals surface area contributed by atoms with Crippen LogP contribution in [0.4, 0.5) is 11.4 Å². The number of halogens is 2. The van der Waals surface area contributed by atoms with Gasteiger partial charge < -0.3 is 10.6 Å². The predicted molar refractivity (Wildman–Crippen MR) is 111 cm³/mol. The first-order valence-electron chi connectivity index (χ1n) is 9.22. The molecule has 1 heterocycles. The third kappa shape index (κ3) is 3.43. The predicted octanol–water partition coefficient (Wildman–Crippen LogP) is 6.25. The number of aryl methyl sites for hydroxylation is 1. The van der Waals surface area contributed by atoms with E-state index in [4.69, 9.17) is 28.2 Å². The van der Waals surface area contributed by atoms with Crippen molar-refractivity contribution in [3.8, 4) is 0 Å². The first kappa shape index (κ1) is 17.7. The van der Waals surface area contributed by atoms with Gasteiger partial charge >= 0.3 is 0 Å². The van der Waals surface area contributed by atoms with Gasteiger partial charge in [0.05, 0.1) is 27.0 Å². The number of nitrogens with zero attached hydrogens (tertiary/aromatic N) is 1. The van der Waals surface area contributed by atoms with Crippen molar-refractivity contribution in [1.82, 2.24) is 5.32 Å². The summed E-state index contributed by atoms with van der Waals surface area (Å²) in [5.74, 6) is 1.02. The van der Waals surface area contributed by atoms with Gasteiger partial charge in [0.25, 0.3) is 0 Å². The van der Waals surface area contributed by atoms with E-state index in [1.165, 1.54) is 30.4 Å². The van der Waals surface area contributed by atoms with E-state index in [1.807, 2.05) is 12.1 Å². The Morgan fingerprint density at radius 3 is 2.62 bits per heavy atom. The van der Waals surface area contributed by atoms with Crippen LogP contribution in [0.15, 0.2) is 41.4 Å².